The zero-order chi connectivity index (χ0) is 15.5. The van der Waals surface area contributed by atoms with Crippen LogP contribution in [0.15, 0.2) is 42.7 Å². The van der Waals surface area contributed by atoms with E-state index >= 15 is 0 Å². The van der Waals surface area contributed by atoms with E-state index in [1.807, 2.05) is 0 Å². The summed E-state index contributed by atoms with van der Waals surface area (Å²) in [5, 5.41) is 0. The molecule has 1 unspecified atom stereocenters. The Balaban J connectivity index is 2.28. The first kappa shape index (κ1) is 15.3. The summed E-state index contributed by atoms with van der Waals surface area (Å²) >= 11 is 0. The summed E-state index contributed by atoms with van der Waals surface area (Å²) in [6.45, 7) is 0. The Bertz CT molecular complexity index is 613. The van der Waals surface area contributed by atoms with Crippen molar-refractivity contribution in [3.8, 4) is 0 Å². The molecule has 0 aliphatic heterocycles. The van der Waals surface area contributed by atoms with Gasteiger partial charge in [-0.1, -0.05) is 12.1 Å². The lowest BCUT2D eigenvalue weighted by Gasteiger charge is -2.18. The van der Waals surface area contributed by atoms with Gasteiger partial charge < -0.3 is 5.73 Å². The third-order valence-electron chi connectivity index (χ3n) is 3.18. The van der Waals surface area contributed by atoms with Gasteiger partial charge in [-0.2, -0.15) is 13.2 Å². The van der Waals surface area contributed by atoms with Gasteiger partial charge in [-0.15, -0.1) is 0 Å². The van der Waals surface area contributed by atoms with E-state index in [2.05, 4.69) is 10.4 Å². The molecule has 112 valence electrons. The quantitative estimate of drug-likeness (QED) is 0.598. The van der Waals surface area contributed by atoms with Crippen LogP contribution in [-0.4, -0.2) is 4.98 Å². The molecule has 0 aliphatic carbocycles. The average Bonchev–Trinajstić information content (AvgIpc) is 2.46. The van der Waals surface area contributed by atoms with Crippen molar-refractivity contribution in [2.45, 2.75) is 18.6 Å². The van der Waals surface area contributed by atoms with Crippen molar-refractivity contribution in [2.75, 3.05) is 5.73 Å². The normalized spacial score (nSPS) is 13.1. The first-order chi connectivity index (χ1) is 9.91. The fourth-order valence-electron chi connectivity index (χ4n) is 2.03. The molecule has 0 bridgehead atoms. The van der Waals surface area contributed by atoms with E-state index in [9.17, 15) is 13.2 Å². The summed E-state index contributed by atoms with van der Waals surface area (Å²) < 4.78 is 38.2. The Labute approximate surface area is 119 Å². The average molecular weight is 296 g/mol. The van der Waals surface area contributed by atoms with E-state index in [0.717, 1.165) is 17.7 Å². The number of nitrogens with zero attached hydrogens (tertiary/aromatic N) is 1. The van der Waals surface area contributed by atoms with Crippen LogP contribution in [0.4, 0.5) is 18.9 Å². The van der Waals surface area contributed by atoms with Gasteiger partial charge in [0.1, 0.15) is 0 Å². The highest BCUT2D eigenvalue weighted by molar-refractivity contribution is 5.45. The standard InChI is InChI=1S/C14H15F3N4/c15-14(16,17)11-3-1-2-9(6-11)13(21-19)7-10-8-20-5-4-12(10)18/h1-6,8,13,21H,7,19H2,(H2,18,20). The summed E-state index contributed by atoms with van der Waals surface area (Å²) in [4.78, 5) is 3.95. The Hall–Kier alpha value is -2.12. The summed E-state index contributed by atoms with van der Waals surface area (Å²) in [6, 6.07) is 6.20. The number of nitrogens with two attached hydrogens (primary N) is 2. The van der Waals surface area contributed by atoms with Gasteiger partial charge in [0, 0.05) is 18.1 Å². The molecule has 2 aromatic rings. The van der Waals surface area contributed by atoms with Crippen LogP contribution in [0.5, 0.6) is 0 Å². The van der Waals surface area contributed by atoms with Crippen LogP contribution < -0.4 is 17.0 Å². The second kappa shape index (κ2) is 6.11. The van der Waals surface area contributed by atoms with Crippen LogP contribution in [0.2, 0.25) is 0 Å². The molecule has 0 saturated carbocycles. The maximum Gasteiger partial charge on any atom is 0.416 e. The Morgan fingerprint density at radius 1 is 1.24 bits per heavy atom. The number of anilines is 1. The molecule has 1 atom stereocenters. The van der Waals surface area contributed by atoms with Gasteiger partial charge in [0.15, 0.2) is 0 Å². The number of nitrogens with one attached hydrogen (secondary N) is 1. The number of hydrogen-bond donors (Lipinski definition) is 3. The van der Waals surface area contributed by atoms with Gasteiger partial charge in [-0.25, -0.2) is 0 Å². The molecule has 7 heteroatoms. The molecule has 21 heavy (non-hydrogen) atoms. The number of hydrogen-bond acceptors (Lipinski definition) is 4. The van der Waals surface area contributed by atoms with Crippen LogP contribution >= 0.6 is 0 Å². The monoisotopic (exact) mass is 296 g/mol. The highest BCUT2D eigenvalue weighted by atomic mass is 19.4. The second-order valence-electron chi connectivity index (χ2n) is 4.62. The zero-order valence-electron chi connectivity index (χ0n) is 11.1. The Morgan fingerprint density at radius 2 is 2.00 bits per heavy atom. The molecule has 0 fully saturated rings. The third kappa shape index (κ3) is 3.71. The van der Waals surface area contributed by atoms with E-state index < -0.39 is 17.8 Å². The van der Waals surface area contributed by atoms with Crippen molar-refractivity contribution in [2.24, 2.45) is 5.84 Å². The molecular formula is C14H15F3N4. The van der Waals surface area contributed by atoms with Crippen LogP contribution in [0.3, 0.4) is 0 Å². The highest BCUT2D eigenvalue weighted by Crippen LogP contribution is 2.31. The smallest absolute Gasteiger partial charge is 0.398 e. The van der Waals surface area contributed by atoms with Crippen molar-refractivity contribution >= 4 is 5.69 Å². The van der Waals surface area contributed by atoms with Gasteiger partial charge >= 0.3 is 6.18 Å². The number of rotatable bonds is 4. The summed E-state index contributed by atoms with van der Waals surface area (Å²) in [5.74, 6) is 5.47. The lowest BCUT2D eigenvalue weighted by Crippen LogP contribution is -2.30. The largest absolute Gasteiger partial charge is 0.416 e. The van der Waals surface area contributed by atoms with Crippen LogP contribution in [0, 0.1) is 0 Å². The van der Waals surface area contributed by atoms with Gasteiger partial charge in [0.2, 0.25) is 0 Å². The van der Waals surface area contributed by atoms with Crippen LogP contribution in [0.1, 0.15) is 22.7 Å². The topological polar surface area (TPSA) is 77.0 Å². The van der Waals surface area contributed by atoms with Crippen molar-refractivity contribution in [1.29, 1.82) is 0 Å². The zero-order valence-corrected chi connectivity index (χ0v) is 11.1. The van der Waals surface area contributed by atoms with Gasteiger partial charge in [-0.05, 0) is 35.7 Å². The number of pyridine rings is 1. The number of aromatic nitrogens is 1. The third-order valence-corrected chi connectivity index (χ3v) is 3.18. The van der Waals surface area contributed by atoms with Crippen LogP contribution in [-0.2, 0) is 12.6 Å². The lowest BCUT2D eigenvalue weighted by molar-refractivity contribution is -0.137. The van der Waals surface area contributed by atoms with E-state index in [4.69, 9.17) is 11.6 Å². The first-order valence-electron chi connectivity index (χ1n) is 6.23. The molecule has 1 heterocycles. The predicted octanol–water partition coefficient (Wildman–Crippen LogP) is 2.43. The van der Waals surface area contributed by atoms with Crippen molar-refractivity contribution in [3.63, 3.8) is 0 Å². The lowest BCUT2D eigenvalue weighted by atomic mass is 9.98. The van der Waals surface area contributed by atoms with Gasteiger partial charge in [0.25, 0.3) is 0 Å². The SMILES string of the molecule is NNC(Cc1cnccc1N)c1cccc(C(F)(F)F)c1. The molecule has 0 spiro atoms. The fourth-order valence-corrected chi connectivity index (χ4v) is 2.03. The van der Waals surface area contributed by atoms with Gasteiger partial charge in [0.05, 0.1) is 11.6 Å². The molecule has 0 aliphatic rings. The first-order valence-corrected chi connectivity index (χ1v) is 6.23. The Morgan fingerprint density at radius 3 is 2.62 bits per heavy atom. The summed E-state index contributed by atoms with van der Waals surface area (Å²) in [6.07, 6.45) is -0.915. The van der Waals surface area contributed by atoms with Crippen molar-refractivity contribution in [3.05, 3.63) is 59.4 Å². The number of alkyl halides is 3. The minimum atomic E-state index is -4.39. The predicted molar refractivity (Wildman–Crippen MR) is 73.9 cm³/mol. The molecule has 2 rings (SSSR count). The molecule has 1 aromatic carbocycles. The summed E-state index contributed by atoms with van der Waals surface area (Å²) in [7, 11) is 0. The molecule has 0 radical (unpaired) electrons. The number of halogens is 3. The highest BCUT2D eigenvalue weighted by Gasteiger charge is 2.31. The molecule has 5 N–H and O–H groups in total. The van der Waals surface area contributed by atoms with E-state index in [-0.39, 0.29) is 0 Å². The Kier molecular flexibility index (Phi) is 4.44. The maximum atomic E-state index is 12.7. The molecule has 1 aromatic heterocycles. The molecular weight excluding hydrogens is 281 g/mol. The number of benzene rings is 1. The number of nitrogen functional groups attached to an aromatic ring is 1. The van der Waals surface area contributed by atoms with Crippen LogP contribution in [0.25, 0.3) is 0 Å². The molecule has 0 amide bonds. The molecule has 0 saturated heterocycles. The summed E-state index contributed by atoms with van der Waals surface area (Å²) in [5.41, 5.74) is 9.31. The fraction of sp³-hybridized carbons (Fsp3) is 0.214. The van der Waals surface area contributed by atoms with Gasteiger partial charge in [-0.3, -0.25) is 16.3 Å². The van der Waals surface area contributed by atoms with E-state index in [0.29, 0.717) is 17.7 Å². The number of hydrazine groups is 1. The van der Waals surface area contributed by atoms with Crippen molar-refractivity contribution < 1.29 is 13.2 Å². The minimum Gasteiger partial charge on any atom is -0.398 e. The van der Waals surface area contributed by atoms with Crippen molar-refractivity contribution in [1.82, 2.24) is 10.4 Å². The van der Waals surface area contributed by atoms with E-state index in [1.165, 1.54) is 6.07 Å². The van der Waals surface area contributed by atoms with E-state index in [1.54, 1.807) is 24.5 Å². The molecule has 4 nitrogen and oxygen atoms in total. The second-order valence-corrected chi connectivity index (χ2v) is 4.62. The minimum absolute atomic E-state index is 0.345. The maximum absolute atomic E-state index is 12.7.